The predicted molar refractivity (Wildman–Crippen MR) is 98.3 cm³/mol. The number of rotatable bonds is 4. The molecule has 132 valence electrons. The molecule has 25 heavy (non-hydrogen) atoms. The fourth-order valence-corrected chi connectivity index (χ4v) is 4.69. The van der Waals surface area contributed by atoms with Crippen LogP contribution in [0.2, 0.25) is 0 Å². The average molecular weight is 358 g/mol. The molecule has 2 aliphatic rings. The second-order valence-electron chi connectivity index (χ2n) is 6.94. The largest absolute Gasteiger partial charge is 0.346 e. The third-order valence-corrected chi connectivity index (χ3v) is 6.05. The Morgan fingerprint density at radius 1 is 1.24 bits per heavy atom. The number of benzene rings is 1. The van der Waals surface area contributed by atoms with Crippen LogP contribution < -0.4 is 9.77 Å². The molecule has 0 saturated carbocycles. The maximum atomic E-state index is 13.0. The Labute approximate surface area is 150 Å². The minimum absolute atomic E-state index is 0.114. The Bertz CT molecular complexity index is 816. The molecule has 1 amide bonds. The number of carbonyl (C=O) groups is 1. The Morgan fingerprint density at radius 3 is 2.60 bits per heavy atom. The molecule has 2 saturated heterocycles. The van der Waals surface area contributed by atoms with Crippen molar-refractivity contribution in [3.05, 3.63) is 45.1 Å². The number of aromatic amines is 1. The van der Waals surface area contributed by atoms with E-state index in [0.717, 1.165) is 66.6 Å². The third-order valence-electron chi connectivity index (χ3n) is 5.24. The quantitative estimate of drug-likeness (QED) is 0.907. The van der Waals surface area contributed by atoms with Crippen molar-refractivity contribution in [2.24, 2.45) is 11.8 Å². The number of hydrogen-bond donors (Lipinski definition) is 1. The molecule has 3 heterocycles. The van der Waals surface area contributed by atoms with Gasteiger partial charge in [-0.15, -0.1) is 5.10 Å². The molecule has 1 aromatic heterocycles. The van der Waals surface area contributed by atoms with Crippen LogP contribution in [0.1, 0.15) is 29.3 Å². The van der Waals surface area contributed by atoms with Crippen molar-refractivity contribution in [3.63, 3.8) is 0 Å². The molecule has 4 rings (SSSR count). The van der Waals surface area contributed by atoms with Crippen LogP contribution in [0.5, 0.6) is 0 Å². The number of anilines is 1. The number of carbonyl (C=O) groups excluding carboxylic acids is 1. The Hall–Kier alpha value is -2.15. The number of aryl methyl sites for hydroxylation is 1. The number of aromatic nitrogens is 2. The van der Waals surface area contributed by atoms with Crippen LogP contribution >= 0.6 is 11.3 Å². The second kappa shape index (κ2) is 6.63. The normalized spacial score (nSPS) is 22.4. The Balaban J connectivity index is 1.45. The SMILES string of the molecule is CCCc1ccccc1C(=O)N1C[C@@H]2CN(c3n[nH]c(=O)s3)C[C@@H]2C1. The van der Waals surface area contributed by atoms with E-state index in [2.05, 4.69) is 28.1 Å². The molecule has 6 nitrogen and oxygen atoms in total. The zero-order valence-electron chi connectivity index (χ0n) is 14.3. The van der Waals surface area contributed by atoms with Crippen molar-refractivity contribution in [1.29, 1.82) is 0 Å². The topological polar surface area (TPSA) is 69.3 Å². The van der Waals surface area contributed by atoms with Gasteiger partial charge in [0.2, 0.25) is 5.13 Å². The van der Waals surface area contributed by atoms with E-state index in [1.165, 1.54) is 0 Å². The predicted octanol–water partition coefficient (Wildman–Crippen LogP) is 1.99. The van der Waals surface area contributed by atoms with E-state index >= 15 is 0 Å². The summed E-state index contributed by atoms with van der Waals surface area (Å²) in [6, 6.07) is 7.97. The summed E-state index contributed by atoms with van der Waals surface area (Å²) in [5.41, 5.74) is 2.00. The van der Waals surface area contributed by atoms with Gasteiger partial charge in [0.05, 0.1) is 0 Å². The number of likely N-dealkylation sites (tertiary alicyclic amines) is 1. The van der Waals surface area contributed by atoms with Crippen molar-refractivity contribution >= 4 is 22.4 Å². The van der Waals surface area contributed by atoms with Gasteiger partial charge in [-0.05, 0) is 29.4 Å². The first-order chi connectivity index (χ1) is 12.2. The zero-order valence-corrected chi connectivity index (χ0v) is 15.1. The number of hydrogen-bond acceptors (Lipinski definition) is 5. The van der Waals surface area contributed by atoms with Gasteiger partial charge in [-0.3, -0.25) is 9.59 Å². The number of fused-ring (bicyclic) bond motifs is 1. The highest BCUT2D eigenvalue weighted by Gasteiger charge is 2.42. The van der Waals surface area contributed by atoms with E-state index in [1.807, 2.05) is 23.1 Å². The average Bonchev–Trinajstić information content (AvgIpc) is 3.29. The van der Waals surface area contributed by atoms with Gasteiger partial charge in [0.15, 0.2) is 0 Å². The molecule has 0 bridgehead atoms. The first-order valence-corrected chi connectivity index (χ1v) is 9.65. The molecule has 0 radical (unpaired) electrons. The minimum atomic E-state index is -0.114. The van der Waals surface area contributed by atoms with Crippen LogP contribution in [-0.4, -0.2) is 47.2 Å². The highest BCUT2D eigenvalue weighted by molar-refractivity contribution is 7.12. The molecule has 0 spiro atoms. The maximum Gasteiger partial charge on any atom is 0.324 e. The van der Waals surface area contributed by atoms with Gasteiger partial charge in [0.25, 0.3) is 5.91 Å². The number of nitrogens with one attached hydrogen (secondary N) is 1. The van der Waals surface area contributed by atoms with Gasteiger partial charge < -0.3 is 9.80 Å². The summed E-state index contributed by atoms with van der Waals surface area (Å²) in [4.78, 5) is 28.3. The highest BCUT2D eigenvalue weighted by Crippen LogP contribution is 2.34. The first kappa shape index (κ1) is 16.3. The standard InChI is InChI=1S/C18H22N4O2S/c1-2-5-12-6-3-4-7-15(12)16(23)21-8-13-10-22(11-14(13)9-21)17-19-20-18(24)25-17/h3-4,6-7,13-14H,2,5,8-11H2,1H3,(H,20,24)/t13-,14+. The molecular weight excluding hydrogens is 336 g/mol. The van der Waals surface area contributed by atoms with E-state index in [4.69, 9.17) is 0 Å². The second-order valence-corrected chi connectivity index (χ2v) is 7.88. The van der Waals surface area contributed by atoms with Crippen LogP contribution in [0.25, 0.3) is 0 Å². The van der Waals surface area contributed by atoms with Crippen molar-refractivity contribution in [3.8, 4) is 0 Å². The lowest BCUT2D eigenvalue weighted by atomic mass is 10.0. The highest BCUT2D eigenvalue weighted by atomic mass is 32.1. The smallest absolute Gasteiger partial charge is 0.324 e. The van der Waals surface area contributed by atoms with Gasteiger partial charge >= 0.3 is 4.87 Å². The lowest BCUT2D eigenvalue weighted by Gasteiger charge is -2.22. The Morgan fingerprint density at radius 2 is 1.96 bits per heavy atom. The molecule has 1 aromatic carbocycles. The maximum absolute atomic E-state index is 13.0. The molecule has 0 unspecified atom stereocenters. The van der Waals surface area contributed by atoms with E-state index in [9.17, 15) is 9.59 Å². The Kier molecular flexibility index (Phi) is 4.33. The van der Waals surface area contributed by atoms with Gasteiger partial charge in [0.1, 0.15) is 0 Å². The molecule has 7 heteroatoms. The third kappa shape index (κ3) is 3.08. The summed E-state index contributed by atoms with van der Waals surface area (Å²) in [6.45, 7) is 5.46. The summed E-state index contributed by atoms with van der Waals surface area (Å²) in [6.07, 6.45) is 1.98. The van der Waals surface area contributed by atoms with E-state index < -0.39 is 0 Å². The van der Waals surface area contributed by atoms with E-state index in [1.54, 1.807) is 0 Å². The molecule has 2 fully saturated rings. The molecule has 2 atom stereocenters. The zero-order chi connectivity index (χ0) is 17.4. The van der Waals surface area contributed by atoms with Gasteiger partial charge in [0, 0.05) is 43.6 Å². The van der Waals surface area contributed by atoms with Crippen LogP contribution in [0.4, 0.5) is 5.13 Å². The van der Waals surface area contributed by atoms with Crippen LogP contribution in [0.15, 0.2) is 29.1 Å². The van der Waals surface area contributed by atoms with Crippen molar-refractivity contribution < 1.29 is 4.79 Å². The molecular formula is C18H22N4O2S. The van der Waals surface area contributed by atoms with Crippen molar-refractivity contribution in [2.45, 2.75) is 19.8 Å². The monoisotopic (exact) mass is 358 g/mol. The summed E-state index contributed by atoms with van der Waals surface area (Å²) in [5.74, 6) is 1.08. The van der Waals surface area contributed by atoms with E-state index in [-0.39, 0.29) is 10.8 Å². The van der Waals surface area contributed by atoms with Crippen LogP contribution in [0.3, 0.4) is 0 Å². The van der Waals surface area contributed by atoms with Crippen LogP contribution in [0, 0.1) is 11.8 Å². The summed E-state index contributed by atoms with van der Waals surface area (Å²) in [5, 5.41) is 7.34. The fraction of sp³-hybridized carbons (Fsp3) is 0.500. The number of H-pyrrole nitrogens is 1. The van der Waals surface area contributed by atoms with Gasteiger partial charge in [-0.25, -0.2) is 5.10 Å². The van der Waals surface area contributed by atoms with Gasteiger partial charge in [-0.1, -0.05) is 31.5 Å². The van der Waals surface area contributed by atoms with Crippen LogP contribution in [-0.2, 0) is 6.42 Å². The lowest BCUT2D eigenvalue weighted by molar-refractivity contribution is 0.0781. The van der Waals surface area contributed by atoms with Crippen molar-refractivity contribution in [2.75, 3.05) is 31.1 Å². The first-order valence-electron chi connectivity index (χ1n) is 8.83. The minimum Gasteiger partial charge on any atom is -0.346 e. The summed E-state index contributed by atoms with van der Waals surface area (Å²) < 4.78 is 0. The van der Waals surface area contributed by atoms with Crippen molar-refractivity contribution in [1.82, 2.24) is 15.1 Å². The molecule has 1 N–H and O–H groups in total. The fourth-order valence-electron chi connectivity index (χ4n) is 4.06. The molecule has 0 aliphatic carbocycles. The number of amides is 1. The van der Waals surface area contributed by atoms with E-state index in [0.29, 0.717) is 11.8 Å². The summed E-state index contributed by atoms with van der Waals surface area (Å²) >= 11 is 1.16. The lowest BCUT2D eigenvalue weighted by Crippen LogP contribution is -2.33. The number of nitrogens with zero attached hydrogens (tertiary/aromatic N) is 3. The summed E-state index contributed by atoms with van der Waals surface area (Å²) in [7, 11) is 0. The molecule has 2 aromatic rings. The molecule has 2 aliphatic heterocycles. The van der Waals surface area contributed by atoms with Gasteiger partial charge in [-0.2, -0.15) is 0 Å².